The Kier molecular flexibility index (Phi) is 5.29. The molecule has 0 aliphatic heterocycles. The van der Waals surface area contributed by atoms with E-state index in [1.807, 2.05) is 18.2 Å². The molecule has 1 heterocycles. The van der Waals surface area contributed by atoms with Gasteiger partial charge in [-0.3, -0.25) is 4.98 Å². The van der Waals surface area contributed by atoms with Gasteiger partial charge in [0.1, 0.15) is 0 Å². The van der Waals surface area contributed by atoms with Crippen LogP contribution >= 0.6 is 0 Å². The molecule has 0 radical (unpaired) electrons. The molecule has 0 fully saturated rings. The molecule has 1 N–H and O–H groups in total. The third-order valence-electron chi connectivity index (χ3n) is 2.30. The highest BCUT2D eigenvalue weighted by Crippen LogP contribution is 2.10. The van der Waals surface area contributed by atoms with Crippen LogP contribution in [0.15, 0.2) is 24.4 Å². The number of ether oxygens (including phenoxy) is 1. The highest BCUT2D eigenvalue weighted by Gasteiger charge is 2.11. The summed E-state index contributed by atoms with van der Waals surface area (Å²) in [5.74, 6) is 0.383. The van der Waals surface area contributed by atoms with Crippen LogP contribution in [-0.4, -0.2) is 29.9 Å². The molecule has 0 aliphatic carbocycles. The summed E-state index contributed by atoms with van der Waals surface area (Å²) in [5.41, 5.74) is 0.939. The zero-order valence-electron chi connectivity index (χ0n) is 9.39. The van der Waals surface area contributed by atoms with Crippen LogP contribution in [0.2, 0.25) is 0 Å². The van der Waals surface area contributed by atoms with Gasteiger partial charge in [-0.05, 0) is 24.5 Å². The molecule has 3 nitrogen and oxygen atoms in total. The molecular weight excluding hydrogens is 190 g/mol. The van der Waals surface area contributed by atoms with Crippen LogP contribution in [0.5, 0.6) is 0 Å². The molecule has 0 aromatic carbocycles. The van der Waals surface area contributed by atoms with Crippen molar-refractivity contribution in [2.24, 2.45) is 5.92 Å². The van der Waals surface area contributed by atoms with Crippen molar-refractivity contribution in [1.29, 1.82) is 0 Å². The first kappa shape index (κ1) is 12.1. The Morgan fingerprint density at radius 1 is 1.47 bits per heavy atom. The monoisotopic (exact) mass is 209 g/mol. The van der Waals surface area contributed by atoms with Gasteiger partial charge in [-0.15, -0.1) is 0 Å². The third-order valence-corrected chi connectivity index (χ3v) is 2.30. The minimum atomic E-state index is -0.329. The Balaban J connectivity index is 2.33. The van der Waals surface area contributed by atoms with Crippen molar-refractivity contribution in [1.82, 2.24) is 4.98 Å². The Bertz CT molecular complexity index is 264. The summed E-state index contributed by atoms with van der Waals surface area (Å²) in [7, 11) is 1.68. The SMILES string of the molecule is COCC(C)CC(O)Cc1ccccn1. The Morgan fingerprint density at radius 2 is 2.27 bits per heavy atom. The zero-order valence-corrected chi connectivity index (χ0v) is 9.39. The average Bonchev–Trinajstić information content (AvgIpc) is 2.19. The minimum absolute atomic E-state index is 0.329. The van der Waals surface area contributed by atoms with Crippen molar-refractivity contribution in [3.05, 3.63) is 30.1 Å². The number of hydrogen-bond donors (Lipinski definition) is 1. The third kappa shape index (κ3) is 4.91. The summed E-state index contributed by atoms with van der Waals surface area (Å²) in [6.07, 6.45) is 2.80. The summed E-state index contributed by atoms with van der Waals surface area (Å²) >= 11 is 0. The van der Waals surface area contributed by atoms with E-state index >= 15 is 0 Å². The topological polar surface area (TPSA) is 42.4 Å². The van der Waals surface area contributed by atoms with Gasteiger partial charge in [-0.2, -0.15) is 0 Å². The second-order valence-corrected chi connectivity index (χ2v) is 3.98. The van der Waals surface area contributed by atoms with E-state index in [4.69, 9.17) is 4.74 Å². The van der Waals surface area contributed by atoms with Crippen molar-refractivity contribution >= 4 is 0 Å². The van der Waals surface area contributed by atoms with Gasteiger partial charge in [-0.1, -0.05) is 13.0 Å². The van der Waals surface area contributed by atoms with Crippen LogP contribution in [0.4, 0.5) is 0 Å². The molecule has 1 aromatic rings. The van der Waals surface area contributed by atoms with E-state index in [-0.39, 0.29) is 6.10 Å². The van der Waals surface area contributed by atoms with Crippen molar-refractivity contribution < 1.29 is 9.84 Å². The molecular formula is C12H19NO2. The van der Waals surface area contributed by atoms with Gasteiger partial charge in [0.15, 0.2) is 0 Å². The second-order valence-electron chi connectivity index (χ2n) is 3.98. The zero-order chi connectivity index (χ0) is 11.1. The standard InChI is InChI=1S/C12H19NO2/c1-10(9-15-2)7-12(14)8-11-5-3-4-6-13-11/h3-6,10,12,14H,7-9H2,1-2H3. The number of hydrogen-bond acceptors (Lipinski definition) is 3. The van der Waals surface area contributed by atoms with Gasteiger partial charge in [-0.25, -0.2) is 0 Å². The number of nitrogens with zero attached hydrogens (tertiary/aromatic N) is 1. The maximum Gasteiger partial charge on any atom is 0.0599 e. The van der Waals surface area contributed by atoms with Gasteiger partial charge in [0.2, 0.25) is 0 Å². The first-order valence-corrected chi connectivity index (χ1v) is 5.29. The van der Waals surface area contributed by atoms with Gasteiger partial charge in [0.05, 0.1) is 6.10 Å². The fraction of sp³-hybridized carbons (Fsp3) is 0.583. The smallest absolute Gasteiger partial charge is 0.0599 e. The molecule has 0 saturated carbocycles. The summed E-state index contributed by atoms with van der Waals surface area (Å²) in [6, 6.07) is 5.75. The summed E-state index contributed by atoms with van der Waals surface area (Å²) < 4.78 is 5.03. The molecule has 2 unspecified atom stereocenters. The highest BCUT2D eigenvalue weighted by atomic mass is 16.5. The molecule has 0 bridgehead atoms. The van der Waals surface area contributed by atoms with E-state index in [9.17, 15) is 5.11 Å². The maximum atomic E-state index is 9.80. The van der Waals surface area contributed by atoms with Crippen LogP contribution < -0.4 is 0 Å². The Morgan fingerprint density at radius 3 is 2.87 bits per heavy atom. The van der Waals surface area contributed by atoms with Crippen molar-refractivity contribution in [2.45, 2.75) is 25.9 Å². The molecule has 2 atom stereocenters. The number of aliphatic hydroxyl groups excluding tert-OH is 1. The van der Waals surface area contributed by atoms with Crippen molar-refractivity contribution in [3.63, 3.8) is 0 Å². The summed E-state index contributed by atoms with van der Waals surface area (Å²) in [6.45, 7) is 2.77. The highest BCUT2D eigenvalue weighted by molar-refractivity contribution is 5.04. The second kappa shape index (κ2) is 6.53. The van der Waals surface area contributed by atoms with E-state index in [1.165, 1.54) is 0 Å². The molecule has 0 amide bonds. The van der Waals surface area contributed by atoms with E-state index in [2.05, 4.69) is 11.9 Å². The number of aromatic nitrogens is 1. The summed E-state index contributed by atoms with van der Waals surface area (Å²) in [4.78, 5) is 4.18. The molecule has 0 saturated heterocycles. The summed E-state index contributed by atoms with van der Waals surface area (Å²) in [5, 5.41) is 9.80. The first-order valence-electron chi connectivity index (χ1n) is 5.29. The lowest BCUT2D eigenvalue weighted by molar-refractivity contribution is 0.101. The molecule has 84 valence electrons. The number of rotatable bonds is 6. The van der Waals surface area contributed by atoms with Gasteiger partial charge in [0, 0.05) is 32.0 Å². The Hall–Kier alpha value is -0.930. The average molecular weight is 209 g/mol. The van der Waals surface area contributed by atoms with Gasteiger partial charge in [0.25, 0.3) is 0 Å². The number of pyridine rings is 1. The van der Waals surface area contributed by atoms with Crippen molar-refractivity contribution in [2.75, 3.05) is 13.7 Å². The molecule has 0 spiro atoms. The lowest BCUT2D eigenvalue weighted by Gasteiger charge is -2.15. The van der Waals surface area contributed by atoms with Crippen molar-refractivity contribution in [3.8, 4) is 0 Å². The minimum Gasteiger partial charge on any atom is -0.393 e. The van der Waals surface area contributed by atoms with E-state index in [0.29, 0.717) is 18.9 Å². The van der Waals surface area contributed by atoms with Crippen LogP contribution in [0.25, 0.3) is 0 Å². The van der Waals surface area contributed by atoms with Crippen LogP contribution in [0, 0.1) is 5.92 Å². The normalized spacial score (nSPS) is 14.9. The fourth-order valence-corrected chi connectivity index (χ4v) is 1.66. The fourth-order valence-electron chi connectivity index (χ4n) is 1.66. The van der Waals surface area contributed by atoms with E-state index in [0.717, 1.165) is 12.1 Å². The van der Waals surface area contributed by atoms with Crippen LogP contribution in [-0.2, 0) is 11.2 Å². The van der Waals surface area contributed by atoms with E-state index in [1.54, 1.807) is 13.3 Å². The quantitative estimate of drug-likeness (QED) is 0.774. The predicted octanol–water partition coefficient (Wildman–Crippen LogP) is 1.66. The first-order chi connectivity index (χ1) is 7.22. The predicted molar refractivity (Wildman–Crippen MR) is 59.6 cm³/mol. The lowest BCUT2D eigenvalue weighted by atomic mass is 10.0. The largest absolute Gasteiger partial charge is 0.393 e. The Labute approximate surface area is 91.1 Å². The molecule has 3 heteroatoms. The molecule has 1 aromatic heterocycles. The van der Waals surface area contributed by atoms with Crippen LogP contribution in [0.1, 0.15) is 19.0 Å². The maximum absolute atomic E-state index is 9.80. The van der Waals surface area contributed by atoms with Crippen LogP contribution in [0.3, 0.4) is 0 Å². The number of aliphatic hydroxyl groups is 1. The molecule has 15 heavy (non-hydrogen) atoms. The molecule has 0 aliphatic rings. The van der Waals surface area contributed by atoms with Gasteiger partial charge >= 0.3 is 0 Å². The number of methoxy groups -OCH3 is 1. The van der Waals surface area contributed by atoms with E-state index < -0.39 is 0 Å². The lowest BCUT2D eigenvalue weighted by Crippen LogP contribution is -2.17. The molecule has 1 rings (SSSR count). The van der Waals surface area contributed by atoms with Gasteiger partial charge < -0.3 is 9.84 Å².